The van der Waals surface area contributed by atoms with Crippen molar-refractivity contribution in [1.82, 2.24) is 14.9 Å². The summed E-state index contributed by atoms with van der Waals surface area (Å²) in [5.41, 5.74) is 1.03. The second-order valence-electron chi connectivity index (χ2n) is 6.56. The lowest BCUT2D eigenvalue weighted by atomic mass is 10.1. The van der Waals surface area contributed by atoms with Gasteiger partial charge in [-0.3, -0.25) is 9.59 Å². The number of amides is 1. The van der Waals surface area contributed by atoms with Crippen LogP contribution in [0.25, 0.3) is 0 Å². The SMILES string of the molecule is COc1cc(Nc2ncc(Cl)c(Nc3ccccc3C(=O)C(=O)N(C)C)n2)ccc1F. The van der Waals surface area contributed by atoms with Gasteiger partial charge in [0.25, 0.3) is 11.7 Å². The largest absolute Gasteiger partial charge is 0.494 e. The highest BCUT2D eigenvalue weighted by Crippen LogP contribution is 2.28. The molecular weight excluding hydrogens is 425 g/mol. The number of hydrogen-bond donors (Lipinski definition) is 2. The molecule has 0 aliphatic carbocycles. The van der Waals surface area contributed by atoms with Gasteiger partial charge in [0.15, 0.2) is 17.4 Å². The topological polar surface area (TPSA) is 96.4 Å². The molecule has 0 atom stereocenters. The van der Waals surface area contributed by atoms with Crippen molar-refractivity contribution in [3.8, 4) is 5.75 Å². The fraction of sp³-hybridized carbons (Fsp3) is 0.143. The van der Waals surface area contributed by atoms with E-state index in [4.69, 9.17) is 16.3 Å². The van der Waals surface area contributed by atoms with Gasteiger partial charge < -0.3 is 20.3 Å². The van der Waals surface area contributed by atoms with Crippen LogP contribution in [0.3, 0.4) is 0 Å². The summed E-state index contributed by atoms with van der Waals surface area (Å²) < 4.78 is 18.6. The quantitative estimate of drug-likeness (QED) is 0.420. The molecule has 1 heterocycles. The Morgan fingerprint density at radius 3 is 2.58 bits per heavy atom. The normalized spacial score (nSPS) is 10.4. The van der Waals surface area contributed by atoms with Crippen LogP contribution in [0.4, 0.5) is 27.5 Å². The Labute approximate surface area is 183 Å². The molecule has 1 amide bonds. The van der Waals surface area contributed by atoms with Crippen molar-refractivity contribution in [2.75, 3.05) is 31.8 Å². The highest BCUT2D eigenvalue weighted by molar-refractivity contribution is 6.43. The number of nitrogens with one attached hydrogen (secondary N) is 2. The number of rotatable bonds is 7. The first-order chi connectivity index (χ1) is 14.8. The maximum atomic E-state index is 13.6. The fourth-order valence-corrected chi connectivity index (χ4v) is 2.76. The van der Waals surface area contributed by atoms with Gasteiger partial charge in [-0.1, -0.05) is 23.7 Å². The van der Waals surface area contributed by atoms with Gasteiger partial charge in [-0.2, -0.15) is 4.98 Å². The van der Waals surface area contributed by atoms with Gasteiger partial charge in [-0.15, -0.1) is 0 Å². The molecule has 0 aliphatic rings. The van der Waals surface area contributed by atoms with E-state index < -0.39 is 17.5 Å². The predicted octanol–water partition coefficient (Wildman–Crippen LogP) is 4.04. The zero-order chi connectivity index (χ0) is 22.5. The van der Waals surface area contributed by atoms with E-state index >= 15 is 0 Å². The molecule has 2 N–H and O–H groups in total. The minimum absolute atomic E-state index is 0.0651. The van der Waals surface area contributed by atoms with Gasteiger partial charge in [0, 0.05) is 25.8 Å². The van der Waals surface area contributed by atoms with E-state index in [1.54, 1.807) is 18.2 Å². The lowest BCUT2D eigenvalue weighted by molar-refractivity contribution is -0.124. The van der Waals surface area contributed by atoms with E-state index in [0.717, 1.165) is 0 Å². The smallest absolute Gasteiger partial charge is 0.294 e. The number of ether oxygens (including phenoxy) is 1. The van der Waals surface area contributed by atoms with Gasteiger partial charge in [-0.25, -0.2) is 9.37 Å². The summed E-state index contributed by atoms with van der Waals surface area (Å²) in [4.78, 5) is 34.2. The van der Waals surface area contributed by atoms with Gasteiger partial charge in [-0.05, 0) is 24.3 Å². The Kier molecular flexibility index (Phi) is 6.66. The van der Waals surface area contributed by atoms with E-state index in [-0.39, 0.29) is 28.1 Å². The monoisotopic (exact) mass is 443 g/mol. The Hall–Kier alpha value is -3.72. The molecule has 160 valence electrons. The lowest BCUT2D eigenvalue weighted by Gasteiger charge is -2.14. The first-order valence-electron chi connectivity index (χ1n) is 9.05. The first kappa shape index (κ1) is 22.0. The van der Waals surface area contributed by atoms with Crippen LogP contribution in [0.2, 0.25) is 5.02 Å². The molecule has 0 radical (unpaired) electrons. The molecule has 0 aliphatic heterocycles. The number of hydrogen-bond acceptors (Lipinski definition) is 7. The molecule has 0 saturated heterocycles. The summed E-state index contributed by atoms with van der Waals surface area (Å²) in [6.45, 7) is 0. The first-order valence-corrected chi connectivity index (χ1v) is 9.43. The summed E-state index contributed by atoms with van der Waals surface area (Å²) in [7, 11) is 4.36. The van der Waals surface area contributed by atoms with Crippen molar-refractivity contribution in [3.05, 3.63) is 65.1 Å². The van der Waals surface area contributed by atoms with Crippen molar-refractivity contribution in [2.45, 2.75) is 0 Å². The Morgan fingerprint density at radius 1 is 1.13 bits per heavy atom. The highest BCUT2D eigenvalue weighted by atomic mass is 35.5. The highest BCUT2D eigenvalue weighted by Gasteiger charge is 2.21. The number of aromatic nitrogens is 2. The molecule has 0 fully saturated rings. The minimum atomic E-state index is -0.671. The third-order valence-electron chi connectivity index (χ3n) is 4.18. The van der Waals surface area contributed by atoms with E-state index in [1.165, 1.54) is 56.6 Å². The number of carbonyl (C=O) groups excluding carboxylic acids is 2. The summed E-state index contributed by atoms with van der Waals surface area (Å²) in [5.74, 6) is -1.37. The van der Waals surface area contributed by atoms with Crippen molar-refractivity contribution >= 4 is 46.4 Å². The number of nitrogens with zero attached hydrogens (tertiary/aromatic N) is 3. The number of halogens is 2. The fourth-order valence-electron chi connectivity index (χ4n) is 2.62. The molecule has 31 heavy (non-hydrogen) atoms. The van der Waals surface area contributed by atoms with Crippen molar-refractivity contribution in [3.63, 3.8) is 0 Å². The van der Waals surface area contributed by atoms with Crippen LogP contribution >= 0.6 is 11.6 Å². The van der Waals surface area contributed by atoms with E-state index in [0.29, 0.717) is 11.4 Å². The Balaban J connectivity index is 1.89. The number of likely N-dealkylation sites (N-methyl/N-ethyl adjacent to an activating group) is 1. The molecule has 1 aromatic heterocycles. The van der Waals surface area contributed by atoms with Crippen LogP contribution in [0.15, 0.2) is 48.7 Å². The van der Waals surface area contributed by atoms with E-state index in [1.807, 2.05) is 0 Å². The van der Waals surface area contributed by atoms with Gasteiger partial charge >= 0.3 is 0 Å². The molecule has 10 heteroatoms. The van der Waals surface area contributed by atoms with E-state index in [9.17, 15) is 14.0 Å². The van der Waals surface area contributed by atoms with Crippen molar-refractivity contribution in [1.29, 1.82) is 0 Å². The number of methoxy groups -OCH3 is 1. The van der Waals surface area contributed by atoms with Crippen molar-refractivity contribution in [2.24, 2.45) is 0 Å². The van der Waals surface area contributed by atoms with Crippen LogP contribution in [0.1, 0.15) is 10.4 Å². The number of para-hydroxylation sites is 1. The molecule has 0 unspecified atom stereocenters. The molecule has 0 saturated carbocycles. The van der Waals surface area contributed by atoms with E-state index in [2.05, 4.69) is 20.6 Å². The van der Waals surface area contributed by atoms with Gasteiger partial charge in [0.1, 0.15) is 5.02 Å². The summed E-state index contributed by atoms with van der Waals surface area (Å²) in [5, 5.41) is 6.11. The third kappa shape index (κ3) is 5.07. The number of benzene rings is 2. The molecule has 3 aromatic rings. The van der Waals surface area contributed by atoms with Crippen LogP contribution in [0, 0.1) is 5.82 Å². The molecule has 0 bridgehead atoms. The second-order valence-corrected chi connectivity index (χ2v) is 6.97. The average molecular weight is 444 g/mol. The molecule has 8 nitrogen and oxygen atoms in total. The van der Waals surface area contributed by atoms with Crippen LogP contribution in [0.5, 0.6) is 5.75 Å². The third-order valence-corrected chi connectivity index (χ3v) is 4.45. The van der Waals surface area contributed by atoms with Crippen LogP contribution in [-0.4, -0.2) is 47.8 Å². The van der Waals surface area contributed by atoms with Gasteiger partial charge in [0.2, 0.25) is 5.95 Å². The number of anilines is 4. The number of ketones is 1. The Morgan fingerprint density at radius 2 is 1.87 bits per heavy atom. The zero-order valence-corrected chi connectivity index (χ0v) is 17.7. The van der Waals surface area contributed by atoms with Crippen LogP contribution in [-0.2, 0) is 4.79 Å². The van der Waals surface area contributed by atoms with Crippen molar-refractivity contribution < 1.29 is 18.7 Å². The van der Waals surface area contributed by atoms with Crippen LogP contribution < -0.4 is 15.4 Å². The molecule has 2 aromatic carbocycles. The summed E-state index contributed by atoms with van der Waals surface area (Å²) >= 11 is 6.22. The minimum Gasteiger partial charge on any atom is -0.494 e. The second kappa shape index (κ2) is 9.40. The lowest BCUT2D eigenvalue weighted by Crippen LogP contribution is -2.30. The molecule has 0 spiro atoms. The van der Waals surface area contributed by atoms with Gasteiger partial charge in [0.05, 0.1) is 24.6 Å². The molecular formula is C21H19ClFN5O3. The Bertz CT molecular complexity index is 1140. The summed E-state index contributed by atoms with van der Waals surface area (Å²) in [6, 6.07) is 10.7. The maximum Gasteiger partial charge on any atom is 0.294 e. The zero-order valence-electron chi connectivity index (χ0n) is 16.9. The predicted molar refractivity (Wildman–Crippen MR) is 116 cm³/mol. The number of Topliss-reactive ketones (excluding diaryl/α,β-unsaturated/α-hetero) is 1. The number of carbonyl (C=O) groups is 2. The molecule has 3 rings (SSSR count). The standard InChI is InChI=1S/C21H19ClFN5O3/c1-28(2)20(30)18(29)13-6-4-5-7-16(13)26-19-14(22)11-24-21(27-19)25-12-8-9-15(23)17(10-12)31-3/h4-11H,1-3H3,(H2,24,25,26,27). The summed E-state index contributed by atoms with van der Waals surface area (Å²) in [6.07, 6.45) is 1.37. The average Bonchev–Trinajstić information content (AvgIpc) is 2.76. The maximum absolute atomic E-state index is 13.6.